The fraction of sp³-hybridized carbons (Fsp3) is 0.308. The van der Waals surface area contributed by atoms with Gasteiger partial charge in [-0.05, 0) is 35.7 Å². The van der Waals surface area contributed by atoms with Gasteiger partial charge in [0.2, 0.25) is 0 Å². The summed E-state index contributed by atoms with van der Waals surface area (Å²) in [6.07, 6.45) is 0. The minimum atomic E-state index is 0.568. The monoisotopic (exact) mass is 200 g/mol. The number of pyridine rings is 1. The lowest BCUT2D eigenvalue weighted by molar-refractivity contribution is 0.868. The molecule has 0 atom stereocenters. The highest BCUT2D eigenvalue weighted by atomic mass is 15.0. The average molecular weight is 200 g/mol. The van der Waals surface area contributed by atoms with Crippen LogP contribution in [0.25, 0.3) is 10.9 Å². The predicted molar refractivity (Wildman–Crippen MR) is 65.4 cm³/mol. The molecule has 0 aliphatic rings. The van der Waals surface area contributed by atoms with E-state index in [0.29, 0.717) is 5.92 Å². The Kier molecular flexibility index (Phi) is 2.58. The molecule has 1 aromatic heterocycles. The first-order chi connectivity index (χ1) is 7.20. The molecule has 78 valence electrons. The Morgan fingerprint density at radius 1 is 1.13 bits per heavy atom. The van der Waals surface area contributed by atoms with Crippen LogP contribution in [-0.2, 0) is 0 Å². The molecule has 0 aliphatic heterocycles. The van der Waals surface area contributed by atoms with Crippen molar-refractivity contribution in [2.24, 2.45) is 0 Å². The summed E-state index contributed by atoms with van der Waals surface area (Å²) in [6, 6.07) is 10.6. The predicted octanol–water partition coefficient (Wildman–Crippen LogP) is 3.40. The van der Waals surface area contributed by atoms with Crippen molar-refractivity contribution >= 4 is 16.7 Å². The summed E-state index contributed by atoms with van der Waals surface area (Å²) in [5.41, 5.74) is 2.41. The zero-order valence-corrected chi connectivity index (χ0v) is 9.41. The summed E-state index contributed by atoms with van der Waals surface area (Å²) in [7, 11) is 1.89. The lowest BCUT2D eigenvalue weighted by Gasteiger charge is -2.07. The quantitative estimate of drug-likeness (QED) is 0.803. The van der Waals surface area contributed by atoms with Crippen molar-refractivity contribution in [3.63, 3.8) is 0 Å². The van der Waals surface area contributed by atoms with E-state index in [1.807, 2.05) is 13.1 Å². The highest BCUT2D eigenvalue weighted by Crippen LogP contribution is 2.21. The fourth-order valence-corrected chi connectivity index (χ4v) is 1.64. The number of nitrogens with zero attached hydrogens (tertiary/aromatic N) is 1. The Balaban J connectivity index is 2.55. The third-order valence-corrected chi connectivity index (χ3v) is 2.64. The van der Waals surface area contributed by atoms with Crippen molar-refractivity contribution in [3.05, 3.63) is 35.9 Å². The Hall–Kier alpha value is -1.57. The number of benzene rings is 1. The summed E-state index contributed by atoms with van der Waals surface area (Å²) in [4.78, 5) is 4.48. The number of nitrogens with one attached hydrogen (secondary N) is 1. The molecule has 0 spiro atoms. The minimum absolute atomic E-state index is 0.568. The van der Waals surface area contributed by atoms with Crippen LogP contribution in [0.4, 0.5) is 5.82 Å². The number of rotatable bonds is 2. The van der Waals surface area contributed by atoms with Gasteiger partial charge in [0.1, 0.15) is 5.82 Å². The summed E-state index contributed by atoms with van der Waals surface area (Å²) in [6.45, 7) is 4.41. The second kappa shape index (κ2) is 3.89. The van der Waals surface area contributed by atoms with Crippen molar-refractivity contribution in [1.29, 1.82) is 0 Å². The van der Waals surface area contributed by atoms with Gasteiger partial charge in [-0.25, -0.2) is 4.98 Å². The van der Waals surface area contributed by atoms with E-state index in [-0.39, 0.29) is 0 Å². The molecule has 2 aromatic rings. The summed E-state index contributed by atoms with van der Waals surface area (Å²) < 4.78 is 0. The molecule has 0 unspecified atom stereocenters. The normalized spacial score (nSPS) is 10.9. The minimum Gasteiger partial charge on any atom is -0.373 e. The van der Waals surface area contributed by atoms with Crippen molar-refractivity contribution in [2.75, 3.05) is 12.4 Å². The molecule has 15 heavy (non-hydrogen) atoms. The Labute approximate surface area is 90.3 Å². The van der Waals surface area contributed by atoms with Crippen LogP contribution in [0, 0.1) is 0 Å². The van der Waals surface area contributed by atoms with Gasteiger partial charge in [-0.1, -0.05) is 19.9 Å². The molecule has 2 nitrogen and oxygen atoms in total. The maximum absolute atomic E-state index is 4.48. The SMILES string of the molecule is CNc1ccc2cc(C(C)C)ccc2n1. The molecular weight excluding hydrogens is 184 g/mol. The summed E-state index contributed by atoms with van der Waals surface area (Å²) in [5, 5.41) is 4.25. The van der Waals surface area contributed by atoms with Gasteiger partial charge < -0.3 is 5.32 Å². The molecule has 1 heterocycles. The van der Waals surface area contributed by atoms with E-state index >= 15 is 0 Å². The third-order valence-electron chi connectivity index (χ3n) is 2.64. The van der Waals surface area contributed by atoms with Crippen LogP contribution in [0.15, 0.2) is 30.3 Å². The van der Waals surface area contributed by atoms with E-state index in [1.165, 1.54) is 10.9 Å². The topological polar surface area (TPSA) is 24.9 Å². The Bertz CT molecular complexity index is 475. The van der Waals surface area contributed by atoms with E-state index in [9.17, 15) is 0 Å². The van der Waals surface area contributed by atoms with E-state index < -0.39 is 0 Å². The highest BCUT2D eigenvalue weighted by molar-refractivity contribution is 5.81. The van der Waals surface area contributed by atoms with E-state index in [2.05, 4.69) is 48.4 Å². The number of fused-ring (bicyclic) bond motifs is 1. The average Bonchev–Trinajstić information content (AvgIpc) is 2.27. The van der Waals surface area contributed by atoms with Crippen LogP contribution >= 0.6 is 0 Å². The van der Waals surface area contributed by atoms with Crippen LogP contribution in [-0.4, -0.2) is 12.0 Å². The second-order valence-corrected chi connectivity index (χ2v) is 4.05. The second-order valence-electron chi connectivity index (χ2n) is 4.05. The number of hydrogen-bond donors (Lipinski definition) is 1. The van der Waals surface area contributed by atoms with Gasteiger partial charge in [0.05, 0.1) is 5.52 Å². The maximum Gasteiger partial charge on any atom is 0.126 e. The van der Waals surface area contributed by atoms with Gasteiger partial charge in [-0.15, -0.1) is 0 Å². The largest absolute Gasteiger partial charge is 0.373 e. The summed E-state index contributed by atoms with van der Waals surface area (Å²) in [5.74, 6) is 1.48. The molecular formula is C13H16N2. The first-order valence-corrected chi connectivity index (χ1v) is 5.29. The molecule has 0 amide bonds. The molecule has 0 aliphatic carbocycles. The standard InChI is InChI=1S/C13H16N2/c1-9(2)10-4-6-12-11(8-10)5-7-13(14-3)15-12/h4-9H,1-3H3,(H,14,15). The van der Waals surface area contributed by atoms with Crippen LogP contribution in [0.5, 0.6) is 0 Å². The molecule has 1 N–H and O–H groups in total. The molecule has 2 heteroatoms. The number of anilines is 1. The first-order valence-electron chi connectivity index (χ1n) is 5.29. The van der Waals surface area contributed by atoms with E-state index in [0.717, 1.165) is 11.3 Å². The summed E-state index contributed by atoms with van der Waals surface area (Å²) >= 11 is 0. The van der Waals surface area contributed by atoms with Crippen molar-refractivity contribution in [3.8, 4) is 0 Å². The van der Waals surface area contributed by atoms with Gasteiger partial charge in [0.25, 0.3) is 0 Å². The zero-order valence-electron chi connectivity index (χ0n) is 9.41. The Morgan fingerprint density at radius 2 is 1.93 bits per heavy atom. The molecule has 1 aromatic carbocycles. The van der Waals surface area contributed by atoms with Crippen molar-refractivity contribution in [2.45, 2.75) is 19.8 Å². The van der Waals surface area contributed by atoms with Crippen LogP contribution < -0.4 is 5.32 Å². The van der Waals surface area contributed by atoms with Gasteiger partial charge >= 0.3 is 0 Å². The Morgan fingerprint density at radius 3 is 2.60 bits per heavy atom. The van der Waals surface area contributed by atoms with Gasteiger partial charge in [0, 0.05) is 12.4 Å². The lowest BCUT2D eigenvalue weighted by Crippen LogP contribution is -1.93. The van der Waals surface area contributed by atoms with Crippen LogP contribution in [0.3, 0.4) is 0 Å². The van der Waals surface area contributed by atoms with E-state index in [1.54, 1.807) is 0 Å². The van der Waals surface area contributed by atoms with E-state index in [4.69, 9.17) is 0 Å². The molecule has 0 bridgehead atoms. The van der Waals surface area contributed by atoms with Gasteiger partial charge in [0.15, 0.2) is 0 Å². The lowest BCUT2D eigenvalue weighted by atomic mass is 10.0. The van der Waals surface area contributed by atoms with Crippen molar-refractivity contribution in [1.82, 2.24) is 4.98 Å². The first kappa shape index (κ1) is 9.97. The van der Waals surface area contributed by atoms with Crippen molar-refractivity contribution < 1.29 is 0 Å². The smallest absolute Gasteiger partial charge is 0.126 e. The molecule has 0 fully saturated rings. The highest BCUT2D eigenvalue weighted by Gasteiger charge is 2.01. The maximum atomic E-state index is 4.48. The number of aromatic nitrogens is 1. The molecule has 0 saturated heterocycles. The third kappa shape index (κ3) is 1.94. The molecule has 2 rings (SSSR count). The van der Waals surface area contributed by atoms with Crippen LogP contribution in [0.2, 0.25) is 0 Å². The molecule has 0 saturated carbocycles. The van der Waals surface area contributed by atoms with Gasteiger partial charge in [-0.2, -0.15) is 0 Å². The number of hydrogen-bond acceptors (Lipinski definition) is 2. The fourth-order valence-electron chi connectivity index (χ4n) is 1.64. The molecule has 0 radical (unpaired) electrons. The van der Waals surface area contributed by atoms with Crippen LogP contribution in [0.1, 0.15) is 25.3 Å². The zero-order chi connectivity index (χ0) is 10.8. The van der Waals surface area contributed by atoms with Gasteiger partial charge in [-0.3, -0.25) is 0 Å².